The summed E-state index contributed by atoms with van der Waals surface area (Å²) < 4.78 is 0. The first-order chi connectivity index (χ1) is 6.59. The molecule has 1 rings (SSSR count). The zero-order valence-corrected chi connectivity index (χ0v) is 10.3. The molecule has 0 fully saturated rings. The average Bonchev–Trinajstić information content (AvgIpc) is 2.21. The molecule has 1 aromatic carbocycles. The SMILES string of the molecule is CC(CCl)(CCl)Cc1ccc(Cl)cc1. The molecule has 14 heavy (non-hydrogen) atoms. The van der Waals surface area contributed by atoms with Crippen molar-refractivity contribution in [1.82, 2.24) is 0 Å². The molecular weight excluding hydrogens is 238 g/mol. The molecule has 0 aliphatic rings. The van der Waals surface area contributed by atoms with Gasteiger partial charge >= 0.3 is 0 Å². The summed E-state index contributed by atoms with van der Waals surface area (Å²) >= 11 is 17.6. The van der Waals surface area contributed by atoms with Crippen LogP contribution in [0, 0.1) is 5.41 Å². The lowest BCUT2D eigenvalue weighted by Crippen LogP contribution is -2.23. The Labute approximate surface area is 100 Å². The van der Waals surface area contributed by atoms with Crippen molar-refractivity contribution in [3.05, 3.63) is 34.9 Å². The Morgan fingerprint density at radius 2 is 1.57 bits per heavy atom. The van der Waals surface area contributed by atoms with Gasteiger partial charge in [0.25, 0.3) is 0 Å². The third-order valence-electron chi connectivity index (χ3n) is 2.19. The van der Waals surface area contributed by atoms with Gasteiger partial charge in [-0.2, -0.15) is 0 Å². The minimum Gasteiger partial charge on any atom is -0.126 e. The topological polar surface area (TPSA) is 0 Å². The summed E-state index contributed by atoms with van der Waals surface area (Å²) in [7, 11) is 0. The van der Waals surface area contributed by atoms with Crippen molar-refractivity contribution >= 4 is 34.8 Å². The molecule has 1 aromatic rings. The van der Waals surface area contributed by atoms with Gasteiger partial charge in [0, 0.05) is 16.8 Å². The van der Waals surface area contributed by atoms with Gasteiger partial charge < -0.3 is 0 Å². The maximum Gasteiger partial charge on any atom is 0.0406 e. The highest BCUT2D eigenvalue weighted by Gasteiger charge is 2.22. The van der Waals surface area contributed by atoms with Crippen LogP contribution in [0.15, 0.2) is 24.3 Å². The highest BCUT2D eigenvalue weighted by atomic mass is 35.5. The van der Waals surface area contributed by atoms with Crippen LogP contribution in [0.2, 0.25) is 5.02 Å². The van der Waals surface area contributed by atoms with Crippen LogP contribution in [-0.2, 0) is 6.42 Å². The van der Waals surface area contributed by atoms with Gasteiger partial charge in [0.1, 0.15) is 0 Å². The van der Waals surface area contributed by atoms with E-state index in [0.29, 0.717) is 11.8 Å². The van der Waals surface area contributed by atoms with Crippen molar-refractivity contribution in [1.29, 1.82) is 0 Å². The van der Waals surface area contributed by atoms with E-state index >= 15 is 0 Å². The van der Waals surface area contributed by atoms with Crippen molar-refractivity contribution < 1.29 is 0 Å². The van der Waals surface area contributed by atoms with Crippen LogP contribution in [0.4, 0.5) is 0 Å². The molecule has 0 saturated carbocycles. The van der Waals surface area contributed by atoms with Crippen molar-refractivity contribution in [3.63, 3.8) is 0 Å². The predicted octanol–water partition coefficient (Wildman–Crippen LogP) is 4.37. The Bertz CT molecular complexity index is 275. The molecule has 0 amide bonds. The van der Waals surface area contributed by atoms with Gasteiger partial charge in [-0.15, -0.1) is 23.2 Å². The summed E-state index contributed by atoms with van der Waals surface area (Å²) in [5, 5.41) is 0.757. The minimum atomic E-state index is -0.0308. The number of benzene rings is 1. The van der Waals surface area contributed by atoms with E-state index in [1.54, 1.807) is 0 Å². The fourth-order valence-electron chi connectivity index (χ4n) is 1.23. The number of rotatable bonds is 4. The van der Waals surface area contributed by atoms with Crippen molar-refractivity contribution in [2.24, 2.45) is 5.41 Å². The molecule has 3 heteroatoms. The van der Waals surface area contributed by atoms with Crippen LogP contribution in [0.5, 0.6) is 0 Å². The largest absolute Gasteiger partial charge is 0.126 e. The lowest BCUT2D eigenvalue weighted by molar-refractivity contribution is 0.425. The summed E-state index contributed by atoms with van der Waals surface area (Å²) in [4.78, 5) is 0. The van der Waals surface area contributed by atoms with Gasteiger partial charge in [0.2, 0.25) is 0 Å². The maximum absolute atomic E-state index is 5.88. The Balaban J connectivity index is 2.72. The molecule has 0 aliphatic carbocycles. The van der Waals surface area contributed by atoms with Crippen LogP contribution in [0.3, 0.4) is 0 Å². The van der Waals surface area contributed by atoms with Gasteiger partial charge in [-0.05, 0) is 29.5 Å². The zero-order valence-electron chi connectivity index (χ0n) is 8.06. The van der Waals surface area contributed by atoms with Crippen molar-refractivity contribution in [2.45, 2.75) is 13.3 Å². The molecule has 0 unspecified atom stereocenters. The van der Waals surface area contributed by atoms with E-state index in [-0.39, 0.29) is 5.41 Å². The fraction of sp³-hybridized carbons (Fsp3) is 0.455. The quantitative estimate of drug-likeness (QED) is 0.697. The number of alkyl halides is 2. The summed E-state index contributed by atoms with van der Waals surface area (Å²) in [6.45, 7) is 2.08. The normalized spacial score (nSPS) is 11.7. The van der Waals surface area contributed by atoms with Gasteiger partial charge in [-0.1, -0.05) is 30.7 Å². The first-order valence-corrected chi connectivity index (χ1v) is 5.91. The third-order valence-corrected chi connectivity index (χ3v) is 3.73. The number of hydrogen-bond acceptors (Lipinski definition) is 0. The second-order valence-electron chi connectivity index (χ2n) is 3.88. The van der Waals surface area contributed by atoms with Crippen LogP contribution >= 0.6 is 34.8 Å². The van der Waals surface area contributed by atoms with E-state index in [0.717, 1.165) is 11.4 Å². The molecule has 0 nitrogen and oxygen atoms in total. The Hall–Kier alpha value is 0.0900. The second kappa shape index (κ2) is 5.25. The fourth-order valence-corrected chi connectivity index (χ4v) is 1.83. The highest BCUT2D eigenvalue weighted by molar-refractivity contribution is 6.30. The molecule has 0 atom stereocenters. The molecule has 0 aliphatic heterocycles. The second-order valence-corrected chi connectivity index (χ2v) is 4.85. The van der Waals surface area contributed by atoms with E-state index < -0.39 is 0 Å². The monoisotopic (exact) mass is 250 g/mol. The van der Waals surface area contributed by atoms with E-state index in [4.69, 9.17) is 34.8 Å². The maximum atomic E-state index is 5.88. The van der Waals surface area contributed by atoms with E-state index in [2.05, 4.69) is 6.92 Å². The predicted molar refractivity (Wildman–Crippen MR) is 64.7 cm³/mol. The van der Waals surface area contributed by atoms with Gasteiger partial charge in [-0.25, -0.2) is 0 Å². The zero-order chi connectivity index (χ0) is 10.6. The Kier molecular flexibility index (Phi) is 4.56. The molecule has 0 spiro atoms. The molecule has 0 aromatic heterocycles. The van der Waals surface area contributed by atoms with Gasteiger partial charge in [-0.3, -0.25) is 0 Å². The molecular formula is C11H13Cl3. The summed E-state index contributed by atoms with van der Waals surface area (Å²) in [6.07, 6.45) is 0.886. The first-order valence-electron chi connectivity index (χ1n) is 4.46. The standard InChI is InChI=1S/C11H13Cl3/c1-11(7-12,8-13)6-9-2-4-10(14)5-3-9/h2-5H,6-8H2,1H3. The van der Waals surface area contributed by atoms with E-state index in [1.165, 1.54) is 5.56 Å². The lowest BCUT2D eigenvalue weighted by atomic mass is 9.88. The smallest absolute Gasteiger partial charge is 0.0406 e. The van der Waals surface area contributed by atoms with Gasteiger partial charge in [0.05, 0.1) is 0 Å². The Morgan fingerprint density at radius 1 is 1.07 bits per heavy atom. The summed E-state index contributed by atoms with van der Waals surface area (Å²) in [6, 6.07) is 7.80. The van der Waals surface area contributed by atoms with Crippen LogP contribution < -0.4 is 0 Å². The third kappa shape index (κ3) is 3.34. The number of halogens is 3. The lowest BCUT2D eigenvalue weighted by Gasteiger charge is -2.24. The molecule has 0 radical (unpaired) electrons. The van der Waals surface area contributed by atoms with Crippen LogP contribution in [0.25, 0.3) is 0 Å². The van der Waals surface area contributed by atoms with Crippen molar-refractivity contribution in [2.75, 3.05) is 11.8 Å². The molecule has 78 valence electrons. The average molecular weight is 252 g/mol. The molecule has 0 heterocycles. The summed E-state index contributed by atoms with van der Waals surface area (Å²) in [5.74, 6) is 1.14. The van der Waals surface area contributed by atoms with Crippen molar-refractivity contribution in [3.8, 4) is 0 Å². The van der Waals surface area contributed by atoms with E-state index in [9.17, 15) is 0 Å². The molecule has 0 bridgehead atoms. The van der Waals surface area contributed by atoms with E-state index in [1.807, 2.05) is 24.3 Å². The summed E-state index contributed by atoms with van der Waals surface area (Å²) in [5.41, 5.74) is 1.19. The van der Waals surface area contributed by atoms with Gasteiger partial charge in [0.15, 0.2) is 0 Å². The molecule has 0 N–H and O–H groups in total. The minimum absolute atomic E-state index is 0.0308. The first kappa shape index (κ1) is 12.2. The molecule has 0 saturated heterocycles. The van der Waals surface area contributed by atoms with Crippen LogP contribution in [-0.4, -0.2) is 11.8 Å². The number of hydrogen-bond donors (Lipinski definition) is 0. The highest BCUT2D eigenvalue weighted by Crippen LogP contribution is 2.26. The van der Waals surface area contributed by atoms with Crippen LogP contribution in [0.1, 0.15) is 12.5 Å². The Morgan fingerprint density at radius 3 is 2.00 bits per heavy atom.